The highest BCUT2D eigenvalue weighted by molar-refractivity contribution is 8.00. The highest BCUT2D eigenvalue weighted by atomic mass is 32.2. The van der Waals surface area contributed by atoms with Gasteiger partial charge in [-0.1, -0.05) is 34.7 Å². The van der Waals surface area contributed by atoms with Gasteiger partial charge >= 0.3 is 11.9 Å². The normalized spacial score (nSPS) is 27.1. The molecule has 0 bridgehead atoms. The molecule has 2 aromatic heterocycles. The van der Waals surface area contributed by atoms with Gasteiger partial charge in [-0.25, -0.2) is 18.1 Å². The standard InChI is InChI=1S/C32H34F2N6O8S/c1-17(41)46-15-26-30(47-18(2)42)28(40-13-24(36-38-40)20-7-5-9-22(34)11-20)31(44-3)32(48-26)49-27-16-45-14-25(29(27)43)39-12-23(35-37-39)19-6-4-8-21(33)10-19/h4-13,25-32,43H,14-16H2,1-3H3/t25-,26+,27+,28-,29+,30-,31+,32-/m0/s1. The molecule has 8 atom stereocenters. The second kappa shape index (κ2) is 15.1. The Labute approximate surface area is 283 Å². The highest BCUT2D eigenvalue weighted by Crippen LogP contribution is 2.42. The van der Waals surface area contributed by atoms with Crippen LogP contribution in [-0.2, 0) is 33.3 Å². The highest BCUT2D eigenvalue weighted by Gasteiger charge is 2.52. The average Bonchev–Trinajstić information content (AvgIpc) is 3.76. The van der Waals surface area contributed by atoms with Gasteiger partial charge in [0, 0.05) is 32.1 Å². The van der Waals surface area contributed by atoms with Crippen molar-refractivity contribution in [3.63, 3.8) is 0 Å². The van der Waals surface area contributed by atoms with Crippen LogP contribution in [0.5, 0.6) is 0 Å². The summed E-state index contributed by atoms with van der Waals surface area (Å²) in [4.78, 5) is 24.2. The lowest BCUT2D eigenvalue weighted by molar-refractivity contribution is -0.208. The number of rotatable bonds is 10. The molecule has 260 valence electrons. The van der Waals surface area contributed by atoms with Crippen LogP contribution in [-0.4, -0.2) is 109 Å². The van der Waals surface area contributed by atoms with E-state index in [1.54, 1.807) is 36.7 Å². The smallest absolute Gasteiger partial charge is 0.303 e. The Hall–Kier alpha value is -4.29. The van der Waals surface area contributed by atoms with Gasteiger partial charge in [0.05, 0.1) is 37.0 Å². The maximum absolute atomic E-state index is 14.0. The van der Waals surface area contributed by atoms with Gasteiger partial charge in [-0.05, 0) is 24.3 Å². The molecule has 4 aromatic rings. The van der Waals surface area contributed by atoms with Crippen LogP contribution >= 0.6 is 11.8 Å². The summed E-state index contributed by atoms with van der Waals surface area (Å²) in [6, 6.07) is 10.3. The summed E-state index contributed by atoms with van der Waals surface area (Å²) in [7, 11) is 1.45. The lowest BCUT2D eigenvalue weighted by Crippen LogP contribution is -2.58. The Morgan fingerprint density at radius 1 is 0.939 bits per heavy atom. The molecule has 2 aliphatic rings. The van der Waals surface area contributed by atoms with E-state index < -0.39 is 70.8 Å². The molecule has 0 amide bonds. The van der Waals surface area contributed by atoms with Crippen LogP contribution < -0.4 is 0 Å². The van der Waals surface area contributed by atoms with E-state index in [4.69, 9.17) is 23.7 Å². The van der Waals surface area contributed by atoms with E-state index in [1.165, 1.54) is 66.3 Å². The summed E-state index contributed by atoms with van der Waals surface area (Å²) in [6.07, 6.45) is -0.715. The summed E-state index contributed by atoms with van der Waals surface area (Å²) in [5.41, 5.74) is 0.940. The first-order chi connectivity index (χ1) is 23.6. The predicted molar refractivity (Wildman–Crippen MR) is 169 cm³/mol. The van der Waals surface area contributed by atoms with Crippen molar-refractivity contribution in [1.82, 2.24) is 30.0 Å². The number of methoxy groups -OCH3 is 1. The van der Waals surface area contributed by atoms with Crippen LogP contribution in [0.2, 0.25) is 0 Å². The summed E-state index contributed by atoms with van der Waals surface area (Å²) in [6.45, 7) is 2.49. The molecule has 14 nitrogen and oxygen atoms in total. The molecule has 0 aliphatic carbocycles. The van der Waals surface area contributed by atoms with Crippen LogP contribution in [0.15, 0.2) is 60.9 Å². The first kappa shape index (κ1) is 34.6. The summed E-state index contributed by atoms with van der Waals surface area (Å²) >= 11 is 1.22. The van der Waals surface area contributed by atoms with Crippen molar-refractivity contribution in [2.45, 2.75) is 61.0 Å². The lowest BCUT2D eigenvalue weighted by Gasteiger charge is -2.46. The average molecular weight is 701 g/mol. The van der Waals surface area contributed by atoms with Gasteiger partial charge in [-0.15, -0.1) is 22.0 Å². The zero-order valence-electron chi connectivity index (χ0n) is 26.7. The van der Waals surface area contributed by atoms with Crippen LogP contribution in [0.25, 0.3) is 22.5 Å². The Morgan fingerprint density at radius 3 is 2.16 bits per heavy atom. The zero-order chi connectivity index (χ0) is 34.7. The topological polar surface area (TPSA) is 162 Å². The molecule has 0 saturated carbocycles. The number of benzene rings is 2. The van der Waals surface area contributed by atoms with Crippen molar-refractivity contribution >= 4 is 23.7 Å². The van der Waals surface area contributed by atoms with Crippen molar-refractivity contribution in [3.05, 3.63) is 72.6 Å². The van der Waals surface area contributed by atoms with E-state index in [9.17, 15) is 23.5 Å². The first-order valence-electron chi connectivity index (χ1n) is 15.4. The monoisotopic (exact) mass is 700 g/mol. The van der Waals surface area contributed by atoms with E-state index in [0.717, 1.165) is 0 Å². The van der Waals surface area contributed by atoms with Crippen molar-refractivity contribution < 1.29 is 47.2 Å². The molecule has 4 heterocycles. The Balaban J connectivity index is 1.29. The number of esters is 2. The Kier molecular flexibility index (Phi) is 10.6. The Bertz CT molecular complexity index is 1780. The molecule has 49 heavy (non-hydrogen) atoms. The number of aliphatic hydroxyl groups is 1. The molecular formula is C32H34F2N6O8S. The number of aliphatic hydroxyl groups excluding tert-OH is 1. The van der Waals surface area contributed by atoms with Crippen LogP contribution in [0.1, 0.15) is 25.9 Å². The van der Waals surface area contributed by atoms with Gasteiger partial charge < -0.3 is 28.8 Å². The molecule has 0 radical (unpaired) electrons. The third kappa shape index (κ3) is 7.80. The van der Waals surface area contributed by atoms with E-state index >= 15 is 0 Å². The number of hydrogen-bond acceptors (Lipinski definition) is 13. The number of nitrogens with zero attached hydrogens (tertiary/aromatic N) is 6. The fourth-order valence-electron chi connectivity index (χ4n) is 5.92. The molecule has 2 aromatic carbocycles. The molecule has 2 saturated heterocycles. The molecule has 17 heteroatoms. The van der Waals surface area contributed by atoms with Gasteiger partial charge in [0.25, 0.3) is 0 Å². The van der Waals surface area contributed by atoms with E-state index in [1.807, 2.05) is 0 Å². The van der Waals surface area contributed by atoms with Gasteiger partial charge in [-0.3, -0.25) is 9.59 Å². The minimum Gasteiger partial charge on any atom is -0.463 e. The minimum atomic E-state index is -1.06. The SMILES string of the molecule is CO[C@@H]1[C@@H](n2cc(-c3cccc(F)c3)nn2)[C@@H](OC(C)=O)[C@@H](COC(C)=O)O[C@H]1S[C@@H]1COC[C@H](n2cc(-c3cccc(F)c3)nn2)[C@H]1O. The van der Waals surface area contributed by atoms with Crippen molar-refractivity contribution in [3.8, 4) is 22.5 Å². The lowest BCUT2D eigenvalue weighted by atomic mass is 9.96. The van der Waals surface area contributed by atoms with Gasteiger partial charge in [0.1, 0.15) is 59.4 Å². The number of carbonyl (C=O) groups excluding carboxylic acids is 2. The molecule has 2 aliphatic heterocycles. The van der Waals surface area contributed by atoms with Crippen molar-refractivity contribution in [2.24, 2.45) is 0 Å². The molecule has 1 N–H and O–H groups in total. The molecule has 0 unspecified atom stereocenters. The fourth-order valence-corrected chi connectivity index (χ4v) is 7.42. The number of hydrogen-bond donors (Lipinski definition) is 1. The maximum atomic E-state index is 14.0. The third-order valence-corrected chi connectivity index (χ3v) is 9.62. The van der Waals surface area contributed by atoms with Gasteiger partial charge in [0.2, 0.25) is 0 Å². The number of carbonyl (C=O) groups is 2. The second-order valence-electron chi connectivity index (χ2n) is 11.6. The minimum absolute atomic E-state index is 0.136. The summed E-state index contributed by atoms with van der Waals surface area (Å²) in [5, 5.41) is 27.9. The van der Waals surface area contributed by atoms with Crippen LogP contribution in [0, 0.1) is 11.6 Å². The molecule has 2 fully saturated rings. The van der Waals surface area contributed by atoms with Gasteiger partial charge in [-0.2, -0.15) is 0 Å². The van der Waals surface area contributed by atoms with Crippen LogP contribution in [0.4, 0.5) is 8.78 Å². The Morgan fingerprint density at radius 2 is 1.57 bits per heavy atom. The van der Waals surface area contributed by atoms with Gasteiger partial charge in [0.15, 0.2) is 6.10 Å². The maximum Gasteiger partial charge on any atom is 0.303 e. The van der Waals surface area contributed by atoms with E-state index in [0.29, 0.717) is 22.5 Å². The number of thioether (sulfide) groups is 1. The van der Waals surface area contributed by atoms with Crippen molar-refractivity contribution in [1.29, 1.82) is 0 Å². The fraction of sp³-hybridized carbons (Fsp3) is 0.438. The van der Waals surface area contributed by atoms with E-state index in [2.05, 4.69) is 20.6 Å². The number of halogens is 2. The van der Waals surface area contributed by atoms with Crippen LogP contribution in [0.3, 0.4) is 0 Å². The third-order valence-electron chi connectivity index (χ3n) is 8.20. The molecule has 0 spiro atoms. The second-order valence-corrected chi connectivity index (χ2v) is 12.9. The molecule has 6 rings (SSSR count). The number of ether oxygens (including phenoxy) is 5. The summed E-state index contributed by atoms with van der Waals surface area (Å²) < 4.78 is 60.1. The molecular weight excluding hydrogens is 666 g/mol. The van der Waals surface area contributed by atoms with E-state index in [-0.39, 0.29) is 19.8 Å². The predicted octanol–water partition coefficient (Wildman–Crippen LogP) is 2.99. The van der Waals surface area contributed by atoms with Crippen molar-refractivity contribution in [2.75, 3.05) is 26.9 Å². The first-order valence-corrected chi connectivity index (χ1v) is 16.3. The summed E-state index contributed by atoms with van der Waals surface area (Å²) in [5.74, 6) is -2.06. The largest absolute Gasteiger partial charge is 0.463 e. The number of aromatic nitrogens is 6. The zero-order valence-corrected chi connectivity index (χ0v) is 27.5. The quantitative estimate of drug-likeness (QED) is 0.241.